The molecule has 0 aliphatic carbocycles. The van der Waals surface area contributed by atoms with Gasteiger partial charge in [-0.25, -0.2) is 4.79 Å². The third kappa shape index (κ3) is 4.23. The lowest BCUT2D eigenvalue weighted by atomic mass is 10.0. The Balaban J connectivity index is 1.54. The van der Waals surface area contributed by atoms with Crippen molar-refractivity contribution in [3.63, 3.8) is 0 Å². The Morgan fingerprint density at radius 3 is 2.50 bits per heavy atom. The lowest BCUT2D eigenvalue weighted by Crippen LogP contribution is -2.46. The van der Waals surface area contributed by atoms with E-state index in [9.17, 15) is 18.0 Å². The molecular formula is C18H25F3N4O. The molecule has 0 spiro atoms. The fourth-order valence-electron chi connectivity index (χ4n) is 3.72. The minimum Gasteiger partial charge on any atom is -0.371 e. The summed E-state index contributed by atoms with van der Waals surface area (Å²) < 4.78 is 39.6. The van der Waals surface area contributed by atoms with Crippen LogP contribution in [0.2, 0.25) is 0 Å². The number of rotatable bonds is 5. The van der Waals surface area contributed by atoms with Crippen LogP contribution in [0.5, 0.6) is 0 Å². The summed E-state index contributed by atoms with van der Waals surface area (Å²) in [5.74, 6) is 0. The summed E-state index contributed by atoms with van der Waals surface area (Å²) in [5, 5.41) is 2.78. The second kappa shape index (κ2) is 7.73. The first-order valence-corrected chi connectivity index (χ1v) is 9.00. The van der Waals surface area contributed by atoms with Gasteiger partial charge in [0.25, 0.3) is 0 Å². The molecule has 0 atom stereocenters. The van der Waals surface area contributed by atoms with Gasteiger partial charge in [-0.1, -0.05) is 12.1 Å². The number of piperidine rings is 1. The molecule has 2 aliphatic heterocycles. The van der Waals surface area contributed by atoms with Crippen LogP contribution in [0.25, 0.3) is 0 Å². The number of anilines is 1. The van der Waals surface area contributed by atoms with Gasteiger partial charge < -0.3 is 20.0 Å². The summed E-state index contributed by atoms with van der Waals surface area (Å²) in [5.41, 5.74) is -0.290. The number of nitrogens with zero attached hydrogens (tertiary/aromatic N) is 3. The highest BCUT2D eigenvalue weighted by molar-refractivity contribution is 5.76. The summed E-state index contributed by atoms with van der Waals surface area (Å²) in [6.45, 7) is 4.09. The second-order valence-corrected chi connectivity index (χ2v) is 6.93. The number of hydrogen-bond acceptors (Lipinski definition) is 3. The quantitative estimate of drug-likeness (QED) is 0.866. The summed E-state index contributed by atoms with van der Waals surface area (Å²) in [7, 11) is 2.03. The number of likely N-dealkylation sites (N-methyl/N-ethyl adjacent to an activating group) is 1. The Morgan fingerprint density at radius 1 is 1.19 bits per heavy atom. The zero-order valence-electron chi connectivity index (χ0n) is 14.9. The summed E-state index contributed by atoms with van der Waals surface area (Å²) in [4.78, 5) is 17.4. The van der Waals surface area contributed by atoms with E-state index in [1.807, 2.05) is 11.9 Å². The Bertz CT molecular complexity index is 629. The van der Waals surface area contributed by atoms with Crippen LogP contribution in [0, 0.1) is 0 Å². The molecule has 0 aromatic heterocycles. The second-order valence-electron chi connectivity index (χ2n) is 6.93. The largest absolute Gasteiger partial charge is 0.418 e. The van der Waals surface area contributed by atoms with E-state index in [1.165, 1.54) is 6.07 Å². The molecule has 2 heterocycles. The van der Waals surface area contributed by atoms with E-state index < -0.39 is 11.7 Å². The minimum atomic E-state index is -4.33. The maximum atomic E-state index is 13.2. The van der Waals surface area contributed by atoms with Gasteiger partial charge in [-0.3, -0.25) is 0 Å². The number of alkyl halides is 3. The van der Waals surface area contributed by atoms with Gasteiger partial charge in [-0.05, 0) is 32.0 Å². The highest BCUT2D eigenvalue weighted by atomic mass is 19.4. The zero-order valence-corrected chi connectivity index (χ0v) is 14.9. The summed E-state index contributed by atoms with van der Waals surface area (Å²) in [6, 6.07) is 6.10. The molecule has 0 bridgehead atoms. The van der Waals surface area contributed by atoms with Gasteiger partial charge in [-0.15, -0.1) is 0 Å². The number of amides is 2. The number of hydrogen-bond donors (Lipinski definition) is 1. The average Bonchev–Trinajstić information content (AvgIpc) is 3.04. The van der Waals surface area contributed by atoms with Crippen LogP contribution >= 0.6 is 0 Å². The molecule has 2 saturated heterocycles. The van der Waals surface area contributed by atoms with Crippen molar-refractivity contribution in [2.24, 2.45) is 0 Å². The van der Waals surface area contributed by atoms with E-state index in [-0.39, 0.29) is 11.7 Å². The molecule has 8 heteroatoms. The molecule has 26 heavy (non-hydrogen) atoms. The topological polar surface area (TPSA) is 38.8 Å². The van der Waals surface area contributed by atoms with Crippen molar-refractivity contribution >= 4 is 11.7 Å². The number of para-hydroxylation sites is 1. The number of carbonyl (C=O) groups is 1. The van der Waals surface area contributed by atoms with Crippen LogP contribution in [-0.2, 0) is 6.18 Å². The van der Waals surface area contributed by atoms with Crippen molar-refractivity contribution in [2.45, 2.75) is 25.1 Å². The van der Waals surface area contributed by atoms with Crippen LogP contribution in [0.1, 0.15) is 18.4 Å². The predicted molar refractivity (Wildman–Crippen MR) is 94.3 cm³/mol. The van der Waals surface area contributed by atoms with Crippen molar-refractivity contribution in [3.05, 3.63) is 29.8 Å². The number of urea groups is 1. The maximum absolute atomic E-state index is 13.2. The fraction of sp³-hybridized carbons (Fsp3) is 0.611. The Kier molecular flexibility index (Phi) is 5.60. The van der Waals surface area contributed by atoms with E-state index in [2.05, 4.69) is 10.2 Å². The van der Waals surface area contributed by atoms with E-state index in [0.717, 1.165) is 32.0 Å². The summed E-state index contributed by atoms with van der Waals surface area (Å²) in [6.07, 6.45) is -2.70. The van der Waals surface area contributed by atoms with E-state index in [4.69, 9.17) is 0 Å². The number of carbonyl (C=O) groups excluding carboxylic acids is 1. The molecule has 5 nitrogen and oxygen atoms in total. The Labute approximate surface area is 151 Å². The molecule has 0 radical (unpaired) electrons. The first kappa shape index (κ1) is 18.8. The van der Waals surface area contributed by atoms with Gasteiger partial charge in [0.1, 0.15) is 0 Å². The standard InChI is InChI=1S/C18H25F3N4O/c1-23(12-13-25-11-8-22-17(25)26)14-6-9-24(10-7-14)16-5-3-2-4-15(16)18(19,20)21/h2-5,14H,6-13H2,1H3,(H,22,26). The Hall–Kier alpha value is -1.96. The van der Waals surface area contributed by atoms with E-state index in [1.54, 1.807) is 17.0 Å². The first-order chi connectivity index (χ1) is 12.4. The normalized spacial score (nSPS) is 19.3. The monoisotopic (exact) mass is 370 g/mol. The van der Waals surface area contributed by atoms with Gasteiger partial charge in [-0.2, -0.15) is 13.2 Å². The lowest BCUT2D eigenvalue weighted by molar-refractivity contribution is -0.137. The van der Waals surface area contributed by atoms with Crippen molar-refractivity contribution < 1.29 is 18.0 Å². The maximum Gasteiger partial charge on any atom is 0.418 e. The van der Waals surface area contributed by atoms with Gasteiger partial charge in [0.05, 0.1) is 5.56 Å². The van der Waals surface area contributed by atoms with Crippen molar-refractivity contribution in [1.82, 2.24) is 15.1 Å². The van der Waals surface area contributed by atoms with Crippen molar-refractivity contribution in [2.75, 3.05) is 51.2 Å². The number of nitrogens with one attached hydrogen (secondary N) is 1. The number of halogens is 3. The minimum absolute atomic E-state index is 0.0167. The molecule has 2 aliphatic rings. The van der Waals surface area contributed by atoms with Gasteiger partial charge in [0.2, 0.25) is 0 Å². The lowest BCUT2D eigenvalue weighted by Gasteiger charge is -2.39. The molecule has 144 valence electrons. The number of benzene rings is 1. The van der Waals surface area contributed by atoms with Crippen LogP contribution in [0.4, 0.5) is 23.7 Å². The molecule has 0 saturated carbocycles. The molecule has 2 amide bonds. The van der Waals surface area contributed by atoms with Crippen molar-refractivity contribution in [1.29, 1.82) is 0 Å². The van der Waals surface area contributed by atoms with E-state index in [0.29, 0.717) is 32.2 Å². The van der Waals surface area contributed by atoms with Gasteiger partial charge in [0.15, 0.2) is 0 Å². The average molecular weight is 370 g/mol. The van der Waals surface area contributed by atoms with Crippen LogP contribution in [-0.4, -0.2) is 68.2 Å². The Morgan fingerprint density at radius 2 is 1.88 bits per heavy atom. The third-order valence-electron chi connectivity index (χ3n) is 5.31. The summed E-state index contributed by atoms with van der Waals surface area (Å²) >= 11 is 0. The molecule has 3 rings (SSSR count). The molecular weight excluding hydrogens is 345 g/mol. The molecule has 1 N–H and O–H groups in total. The fourth-order valence-corrected chi connectivity index (χ4v) is 3.72. The highest BCUT2D eigenvalue weighted by Crippen LogP contribution is 2.37. The molecule has 2 fully saturated rings. The van der Waals surface area contributed by atoms with Crippen LogP contribution in [0.15, 0.2) is 24.3 Å². The molecule has 1 aromatic carbocycles. The SMILES string of the molecule is CN(CCN1CCNC1=O)C1CCN(c2ccccc2C(F)(F)F)CC1. The van der Waals surface area contributed by atoms with Gasteiger partial charge >= 0.3 is 12.2 Å². The first-order valence-electron chi connectivity index (χ1n) is 9.00. The van der Waals surface area contributed by atoms with E-state index >= 15 is 0 Å². The molecule has 0 unspecified atom stereocenters. The predicted octanol–water partition coefficient (Wildman–Crippen LogP) is 2.63. The smallest absolute Gasteiger partial charge is 0.371 e. The van der Waals surface area contributed by atoms with Crippen LogP contribution in [0.3, 0.4) is 0 Å². The zero-order chi connectivity index (χ0) is 18.7. The van der Waals surface area contributed by atoms with Crippen molar-refractivity contribution in [3.8, 4) is 0 Å². The third-order valence-corrected chi connectivity index (χ3v) is 5.31. The van der Waals surface area contributed by atoms with Gasteiger partial charge in [0, 0.05) is 51.0 Å². The van der Waals surface area contributed by atoms with Crippen LogP contribution < -0.4 is 10.2 Å². The molecule has 1 aromatic rings. The highest BCUT2D eigenvalue weighted by Gasteiger charge is 2.35.